The van der Waals surface area contributed by atoms with E-state index in [2.05, 4.69) is 10.6 Å². The summed E-state index contributed by atoms with van der Waals surface area (Å²) < 4.78 is 0. The lowest BCUT2D eigenvalue weighted by Crippen LogP contribution is -2.18. The Morgan fingerprint density at radius 3 is 2.53 bits per heavy atom. The van der Waals surface area contributed by atoms with Crippen molar-refractivity contribution in [3.05, 3.63) is 29.8 Å². The van der Waals surface area contributed by atoms with E-state index in [9.17, 15) is 9.59 Å². The number of amides is 2. The molecule has 0 spiro atoms. The molecule has 1 aromatic rings. The number of halogens is 1. The minimum atomic E-state index is -0.468. The van der Waals surface area contributed by atoms with Crippen molar-refractivity contribution in [2.45, 2.75) is 12.8 Å². The molecule has 1 aliphatic heterocycles. The Hall–Kier alpha value is -1.59. The lowest BCUT2D eigenvalue weighted by molar-refractivity contribution is -0.116. The van der Waals surface area contributed by atoms with Gasteiger partial charge >= 0.3 is 0 Å². The summed E-state index contributed by atoms with van der Waals surface area (Å²) in [5, 5.41) is 6.05. The number of nitrogens with one attached hydrogen (secondary N) is 2. The Bertz CT molecular complexity index is 442. The molecule has 0 aliphatic carbocycles. The average Bonchev–Trinajstić information content (AvgIpc) is 2.82. The highest BCUT2D eigenvalue weighted by Gasteiger charge is 2.17. The molecule has 0 bridgehead atoms. The molecule has 2 amide bonds. The van der Waals surface area contributed by atoms with E-state index >= 15 is 0 Å². The van der Waals surface area contributed by atoms with Gasteiger partial charge in [0.1, 0.15) is 0 Å². The van der Waals surface area contributed by atoms with Crippen molar-refractivity contribution in [3.63, 3.8) is 0 Å². The maximum atomic E-state index is 11.8. The van der Waals surface area contributed by atoms with E-state index in [1.807, 2.05) is 0 Å². The Labute approximate surface area is 118 Å². The molecule has 0 aromatic heterocycles. The van der Waals surface area contributed by atoms with Gasteiger partial charge in [0, 0.05) is 17.7 Å². The molecule has 4 N–H and O–H groups in total. The second-order valence-electron chi connectivity index (χ2n) is 4.55. The Kier molecular flexibility index (Phi) is 5.79. The summed E-state index contributed by atoms with van der Waals surface area (Å²) in [6.07, 6.45) is 1.58. The zero-order valence-electron chi connectivity index (χ0n) is 10.5. The van der Waals surface area contributed by atoms with Crippen molar-refractivity contribution in [1.29, 1.82) is 0 Å². The normalized spacial score (nSPS) is 17.6. The Morgan fingerprint density at radius 2 is 2.00 bits per heavy atom. The molecule has 1 saturated heterocycles. The summed E-state index contributed by atoms with van der Waals surface area (Å²) in [5.74, 6) is -0.0321. The third-order valence-electron chi connectivity index (χ3n) is 3.09. The minimum absolute atomic E-state index is 0. The molecule has 6 heteroatoms. The fraction of sp³-hybridized carbons (Fsp3) is 0.385. The Balaban J connectivity index is 0.00000180. The summed E-state index contributed by atoms with van der Waals surface area (Å²) in [4.78, 5) is 22.6. The predicted molar refractivity (Wildman–Crippen MR) is 76.4 cm³/mol. The number of benzene rings is 1. The molecule has 104 valence electrons. The van der Waals surface area contributed by atoms with Gasteiger partial charge in [0.05, 0.1) is 0 Å². The van der Waals surface area contributed by atoms with Crippen molar-refractivity contribution >= 4 is 29.9 Å². The molecule has 19 heavy (non-hydrogen) atoms. The highest BCUT2D eigenvalue weighted by molar-refractivity contribution is 5.94. The van der Waals surface area contributed by atoms with Crippen LogP contribution in [0.1, 0.15) is 23.2 Å². The van der Waals surface area contributed by atoms with E-state index < -0.39 is 5.91 Å². The van der Waals surface area contributed by atoms with Gasteiger partial charge in [0.15, 0.2) is 0 Å². The van der Waals surface area contributed by atoms with E-state index in [1.54, 1.807) is 24.3 Å². The number of primary amides is 1. The molecule has 1 aromatic carbocycles. The second kappa shape index (κ2) is 7.11. The van der Waals surface area contributed by atoms with Crippen LogP contribution in [0.3, 0.4) is 0 Å². The van der Waals surface area contributed by atoms with E-state index in [1.165, 1.54) is 0 Å². The van der Waals surface area contributed by atoms with Crippen LogP contribution in [-0.2, 0) is 4.79 Å². The summed E-state index contributed by atoms with van der Waals surface area (Å²) in [5.41, 5.74) is 6.27. The van der Waals surface area contributed by atoms with Crippen molar-refractivity contribution in [2.24, 2.45) is 11.7 Å². The molecule has 2 rings (SSSR count). The molecule has 1 aliphatic rings. The highest BCUT2D eigenvalue weighted by Crippen LogP contribution is 2.14. The fourth-order valence-corrected chi connectivity index (χ4v) is 2.08. The van der Waals surface area contributed by atoms with Gasteiger partial charge in [-0.15, -0.1) is 12.4 Å². The maximum absolute atomic E-state index is 11.8. The number of carbonyl (C=O) groups excluding carboxylic acids is 2. The highest BCUT2D eigenvalue weighted by atomic mass is 35.5. The van der Waals surface area contributed by atoms with Gasteiger partial charge in [-0.25, -0.2) is 0 Å². The van der Waals surface area contributed by atoms with Gasteiger partial charge in [0.2, 0.25) is 11.8 Å². The zero-order valence-corrected chi connectivity index (χ0v) is 11.3. The van der Waals surface area contributed by atoms with Gasteiger partial charge < -0.3 is 16.4 Å². The van der Waals surface area contributed by atoms with Crippen LogP contribution >= 0.6 is 12.4 Å². The third kappa shape index (κ3) is 4.54. The summed E-state index contributed by atoms with van der Waals surface area (Å²) in [6, 6.07) is 6.58. The number of hydrogen-bond donors (Lipinski definition) is 3. The van der Waals surface area contributed by atoms with E-state index in [0.717, 1.165) is 19.5 Å². The molecular weight excluding hydrogens is 266 g/mol. The van der Waals surface area contributed by atoms with E-state index in [0.29, 0.717) is 23.6 Å². The van der Waals surface area contributed by atoms with Gasteiger partial charge in [-0.05, 0) is 49.7 Å². The minimum Gasteiger partial charge on any atom is -0.366 e. The number of rotatable bonds is 4. The van der Waals surface area contributed by atoms with Gasteiger partial charge in [0.25, 0.3) is 0 Å². The second-order valence-corrected chi connectivity index (χ2v) is 4.55. The first kappa shape index (κ1) is 15.5. The zero-order chi connectivity index (χ0) is 13.0. The Morgan fingerprint density at radius 1 is 1.32 bits per heavy atom. The van der Waals surface area contributed by atoms with Crippen molar-refractivity contribution in [2.75, 3.05) is 18.4 Å². The average molecular weight is 284 g/mol. The lowest BCUT2D eigenvalue weighted by atomic mass is 10.0. The first-order valence-corrected chi connectivity index (χ1v) is 6.05. The van der Waals surface area contributed by atoms with Crippen LogP contribution in [0.4, 0.5) is 5.69 Å². The lowest BCUT2D eigenvalue weighted by Gasteiger charge is -2.09. The van der Waals surface area contributed by atoms with Crippen LogP contribution in [0.15, 0.2) is 24.3 Å². The van der Waals surface area contributed by atoms with E-state index in [4.69, 9.17) is 5.73 Å². The van der Waals surface area contributed by atoms with Gasteiger partial charge in [-0.2, -0.15) is 0 Å². The summed E-state index contributed by atoms with van der Waals surface area (Å²) in [6.45, 7) is 1.90. The third-order valence-corrected chi connectivity index (χ3v) is 3.09. The largest absolute Gasteiger partial charge is 0.366 e. The first-order chi connectivity index (χ1) is 8.65. The maximum Gasteiger partial charge on any atom is 0.248 e. The van der Waals surface area contributed by atoms with Crippen LogP contribution in [0.2, 0.25) is 0 Å². The number of carbonyl (C=O) groups is 2. The summed E-state index contributed by atoms with van der Waals surface area (Å²) in [7, 11) is 0. The molecule has 1 unspecified atom stereocenters. The SMILES string of the molecule is Cl.NC(=O)c1ccc(NC(=O)CC2CCNC2)cc1. The van der Waals surface area contributed by atoms with Crippen LogP contribution in [-0.4, -0.2) is 24.9 Å². The first-order valence-electron chi connectivity index (χ1n) is 6.05. The molecule has 5 nitrogen and oxygen atoms in total. The quantitative estimate of drug-likeness (QED) is 0.775. The topological polar surface area (TPSA) is 84.2 Å². The predicted octanol–water partition coefficient (Wildman–Crippen LogP) is 1.15. The molecule has 1 fully saturated rings. The monoisotopic (exact) mass is 283 g/mol. The standard InChI is InChI=1S/C13H17N3O2.ClH/c14-13(18)10-1-3-11(4-2-10)16-12(17)7-9-5-6-15-8-9;/h1-4,9,15H,5-8H2,(H2,14,18)(H,16,17);1H. The molecular formula is C13H18ClN3O2. The van der Waals surface area contributed by atoms with Crippen LogP contribution in [0, 0.1) is 5.92 Å². The van der Waals surface area contributed by atoms with Crippen molar-refractivity contribution in [1.82, 2.24) is 5.32 Å². The van der Waals surface area contributed by atoms with Crippen LogP contribution in [0.25, 0.3) is 0 Å². The molecule has 1 heterocycles. The van der Waals surface area contributed by atoms with Gasteiger partial charge in [-0.1, -0.05) is 0 Å². The van der Waals surface area contributed by atoms with Crippen LogP contribution in [0.5, 0.6) is 0 Å². The van der Waals surface area contributed by atoms with Crippen molar-refractivity contribution < 1.29 is 9.59 Å². The molecule has 1 atom stereocenters. The molecule has 0 saturated carbocycles. The number of hydrogen-bond acceptors (Lipinski definition) is 3. The van der Waals surface area contributed by atoms with E-state index in [-0.39, 0.29) is 18.3 Å². The fourth-order valence-electron chi connectivity index (χ4n) is 2.08. The van der Waals surface area contributed by atoms with Gasteiger partial charge in [-0.3, -0.25) is 9.59 Å². The smallest absolute Gasteiger partial charge is 0.248 e. The number of anilines is 1. The number of nitrogens with two attached hydrogens (primary N) is 1. The summed E-state index contributed by atoms with van der Waals surface area (Å²) >= 11 is 0. The molecule has 0 radical (unpaired) electrons. The van der Waals surface area contributed by atoms with Crippen molar-refractivity contribution in [3.8, 4) is 0 Å². The van der Waals surface area contributed by atoms with Crippen LogP contribution < -0.4 is 16.4 Å².